The Kier molecular flexibility index (Phi) is 2.80. The van der Waals surface area contributed by atoms with Gasteiger partial charge in [0.1, 0.15) is 6.29 Å². The van der Waals surface area contributed by atoms with Gasteiger partial charge in [0.25, 0.3) is 0 Å². The molecule has 1 rings (SSSR count). The summed E-state index contributed by atoms with van der Waals surface area (Å²) >= 11 is 0. The normalized spacial score (nSPS) is 33.7. The van der Waals surface area contributed by atoms with Crippen molar-refractivity contribution in [3.05, 3.63) is 0 Å². The molecule has 0 spiro atoms. The number of nitrogens with two attached hydrogens (primary N) is 1. The third-order valence-corrected chi connectivity index (χ3v) is 1.52. The third kappa shape index (κ3) is 1.76. The fourth-order valence-electron chi connectivity index (χ4n) is 0.951. The summed E-state index contributed by atoms with van der Waals surface area (Å²) in [6.45, 7) is 1.60. The number of carbonyl (C=O) groups is 1. The van der Waals surface area contributed by atoms with Crippen molar-refractivity contribution < 1.29 is 9.53 Å². The average Bonchev–Trinajstić information content (AvgIpc) is 2.05. The van der Waals surface area contributed by atoms with E-state index in [4.69, 9.17) is 10.5 Å². The highest BCUT2D eigenvalue weighted by atomic mass is 16.5. The van der Waals surface area contributed by atoms with Crippen molar-refractivity contribution in [3.63, 3.8) is 0 Å². The summed E-state index contributed by atoms with van der Waals surface area (Å²) in [6, 6.07) is -0.0220. The van der Waals surface area contributed by atoms with Gasteiger partial charge in [-0.3, -0.25) is 5.32 Å². The van der Waals surface area contributed by atoms with E-state index in [1.807, 2.05) is 0 Å². The van der Waals surface area contributed by atoms with Gasteiger partial charge in [0.15, 0.2) is 0 Å². The Balaban J connectivity index is 2.31. The van der Waals surface area contributed by atoms with Crippen LogP contribution in [0.2, 0.25) is 0 Å². The van der Waals surface area contributed by atoms with Crippen LogP contribution in [0, 0.1) is 0 Å². The maximum Gasteiger partial charge on any atom is 0.139 e. The summed E-state index contributed by atoms with van der Waals surface area (Å²) < 4.78 is 5.10. The van der Waals surface area contributed by atoms with Gasteiger partial charge in [-0.2, -0.15) is 0 Å². The Hall–Kier alpha value is -0.450. The average molecular weight is 144 g/mol. The van der Waals surface area contributed by atoms with Crippen molar-refractivity contribution in [2.24, 2.45) is 5.73 Å². The highest BCUT2D eigenvalue weighted by Gasteiger charge is 2.18. The molecule has 3 N–H and O–H groups in total. The van der Waals surface area contributed by atoms with Crippen LogP contribution >= 0.6 is 0 Å². The van der Waals surface area contributed by atoms with Crippen LogP contribution < -0.4 is 11.1 Å². The molecular weight excluding hydrogens is 132 g/mol. The summed E-state index contributed by atoms with van der Waals surface area (Å²) in [5.74, 6) is 0. The van der Waals surface area contributed by atoms with Gasteiger partial charge in [-0.15, -0.1) is 0 Å². The van der Waals surface area contributed by atoms with Gasteiger partial charge in [0.05, 0.1) is 19.3 Å². The molecule has 10 heavy (non-hydrogen) atoms. The van der Waals surface area contributed by atoms with Gasteiger partial charge in [0.2, 0.25) is 0 Å². The van der Waals surface area contributed by atoms with Crippen molar-refractivity contribution in [1.29, 1.82) is 0 Å². The molecule has 0 aromatic rings. The molecule has 0 aromatic carbocycles. The fraction of sp³-hybridized carbons (Fsp3) is 0.833. The predicted molar refractivity (Wildman–Crippen MR) is 36.6 cm³/mol. The number of hydrogen-bond donors (Lipinski definition) is 2. The van der Waals surface area contributed by atoms with E-state index >= 15 is 0 Å². The quantitative estimate of drug-likeness (QED) is 0.463. The van der Waals surface area contributed by atoms with Gasteiger partial charge in [-0.1, -0.05) is 0 Å². The molecule has 2 atom stereocenters. The van der Waals surface area contributed by atoms with Crippen molar-refractivity contribution in [2.45, 2.75) is 12.1 Å². The molecule has 1 aliphatic rings. The van der Waals surface area contributed by atoms with Crippen molar-refractivity contribution in [1.82, 2.24) is 5.32 Å². The maximum atomic E-state index is 10.2. The molecule has 0 aromatic heterocycles. The van der Waals surface area contributed by atoms with Crippen LogP contribution in [-0.2, 0) is 9.53 Å². The molecule has 4 heteroatoms. The molecule has 1 fully saturated rings. The molecule has 0 radical (unpaired) electrons. The zero-order chi connectivity index (χ0) is 7.40. The first kappa shape index (κ1) is 7.65. The zero-order valence-electron chi connectivity index (χ0n) is 5.75. The number of hydrogen-bond acceptors (Lipinski definition) is 4. The van der Waals surface area contributed by atoms with E-state index in [1.54, 1.807) is 0 Å². The monoisotopic (exact) mass is 144 g/mol. The van der Waals surface area contributed by atoms with Crippen molar-refractivity contribution >= 4 is 6.29 Å². The molecule has 1 saturated heterocycles. The smallest absolute Gasteiger partial charge is 0.139 e. The second kappa shape index (κ2) is 3.65. The minimum absolute atomic E-state index is 0.143. The van der Waals surface area contributed by atoms with E-state index in [0.717, 1.165) is 6.29 Å². The topological polar surface area (TPSA) is 64.3 Å². The van der Waals surface area contributed by atoms with Crippen LogP contribution in [0.4, 0.5) is 0 Å². The van der Waals surface area contributed by atoms with E-state index in [1.165, 1.54) is 0 Å². The van der Waals surface area contributed by atoms with Crippen molar-refractivity contribution in [2.75, 3.05) is 19.8 Å². The number of carbonyl (C=O) groups excluding carboxylic acids is 1. The van der Waals surface area contributed by atoms with Crippen LogP contribution in [0.3, 0.4) is 0 Å². The molecule has 1 aliphatic heterocycles. The summed E-state index contributed by atoms with van der Waals surface area (Å²) in [7, 11) is 0. The van der Waals surface area contributed by atoms with Crippen LogP contribution in [-0.4, -0.2) is 38.1 Å². The lowest BCUT2D eigenvalue weighted by Gasteiger charge is -2.26. The highest BCUT2D eigenvalue weighted by Crippen LogP contribution is 1.95. The number of morpholine rings is 1. The molecule has 4 nitrogen and oxygen atoms in total. The lowest BCUT2D eigenvalue weighted by Crippen LogP contribution is -2.52. The Morgan fingerprint density at radius 3 is 3.10 bits per heavy atom. The number of ether oxygens (including phenoxy) is 1. The van der Waals surface area contributed by atoms with E-state index < -0.39 is 0 Å². The number of aldehydes is 1. The van der Waals surface area contributed by atoms with Crippen LogP contribution in [0.15, 0.2) is 0 Å². The van der Waals surface area contributed by atoms with E-state index in [-0.39, 0.29) is 12.1 Å². The van der Waals surface area contributed by atoms with E-state index in [9.17, 15) is 4.79 Å². The largest absolute Gasteiger partial charge is 0.378 e. The molecule has 1 heterocycles. The minimum Gasteiger partial charge on any atom is -0.378 e. The van der Waals surface area contributed by atoms with E-state index in [0.29, 0.717) is 19.8 Å². The summed E-state index contributed by atoms with van der Waals surface area (Å²) in [4.78, 5) is 10.2. The molecule has 0 aliphatic carbocycles. The molecular formula is C6H12N2O2. The first-order valence-corrected chi connectivity index (χ1v) is 3.36. The molecule has 2 unspecified atom stereocenters. The lowest BCUT2D eigenvalue weighted by atomic mass is 10.2. The molecule has 0 amide bonds. The van der Waals surface area contributed by atoms with Gasteiger partial charge in [0, 0.05) is 12.6 Å². The van der Waals surface area contributed by atoms with Gasteiger partial charge in [-0.25, -0.2) is 0 Å². The SMILES string of the molecule is NCC1COCC(C=O)N1. The number of nitrogens with one attached hydrogen (secondary N) is 1. The van der Waals surface area contributed by atoms with Crippen LogP contribution in [0.1, 0.15) is 0 Å². The minimum atomic E-state index is -0.165. The van der Waals surface area contributed by atoms with Crippen LogP contribution in [0.25, 0.3) is 0 Å². The Labute approximate surface area is 59.7 Å². The maximum absolute atomic E-state index is 10.2. The highest BCUT2D eigenvalue weighted by molar-refractivity contribution is 5.57. The summed E-state index contributed by atoms with van der Waals surface area (Å²) in [5, 5.41) is 3.03. The molecule has 0 saturated carbocycles. The molecule has 0 bridgehead atoms. The van der Waals surface area contributed by atoms with Gasteiger partial charge in [-0.05, 0) is 0 Å². The number of rotatable bonds is 2. The van der Waals surface area contributed by atoms with Gasteiger partial charge >= 0.3 is 0 Å². The first-order valence-electron chi connectivity index (χ1n) is 3.36. The second-order valence-electron chi connectivity index (χ2n) is 2.38. The first-order chi connectivity index (χ1) is 4.86. The van der Waals surface area contributed by atoms with Crippen molar-refractivity contribution in [3.8, 4) is 0 Å². The third-order valence-electron chi connectivity index (χ3n) is 1.52. The van der Waals surface area contributed by atoms with E-state index in [2.05, 4.69) is 5.32 Å². The predicted octanol–water partition coefficient (Wildman–Crippen LogP) is -1.50. The standard InChI is InChI=1S/C6H12N2O2/c7-1-5-3-10-4-6(2-9)8-5/h2,5-6,8H,1,3-4,7H2. The fourth-order valence-corrected chi connectivity index (χ4v) is 0.951. The lowest BCUT2D eigenvalue weighted by molar-refractivity contribution is -0.112. The molecule has 58 valence electrons. The summed E-state index contributed by atoms with van der Waals surface area (Å²) in [6.07, 6.45) is 0.849. The second-order valence-corrected chi connectivity index (χ2v) is 2.38. The Morgan fingerprint density at radius 2 is 2.50 bits per heavy atom. The Morgan fingerprint density at radius 1 is 1.70 bits per heavy atom. The zero-order valence-corrected chi connectivity index (χ0v) is 5.75. The van der Waals surface area contributed by atoms with Crippen LogP contribution in [0.5, 0.6) is 0 Å². The Bertz CT molecular complexity index is 118. The summed E-state index contributed by atoms with van der Waals surface area (Å²) in [5.41, 5.74) is 5.36. The van der Waals surface area contributed by atoms with Gasteiger partial charge < -0.3 is 15.3 Å².